The molecule has 0 saturated heterocycles. The number of hydrogen-bond donors (Lipinski definition) is 1. The molecule has 2 rings (SSSR count). The van der Waals surface area contributed by atoms with Crippen LogP contribution < -0.4 is 0 Å². The van der Waals surface area contributed by atoms with Crippen molar-refractivity contribution in [2.24, 2.45) is 5.92 Å². The summed E-state index contributed by atoms with van der Waals surface area (Å²) in [5.74, 6) is -1.95. The Morgan fingerprint density at radius 3 is 2.33 bits per heavy atom. The molecule has 0 spiro atoms. The second-order valence-corrected chi connectivity index (χ2v) is 4.87. The van der Waals surface area contributed by atoms with Gasteiger partial charge in [-0.25, -0.2) is 4.39 Å². The van der Waals surface area contributed by atoms with Crippen LogP contribution in [0.5, 0.6) is 0 Å². The molecule has 1 aliphatic carbocycles. The molecule has 1 N–H and O–H groups in total. The van der Waals surface area contributed by atoms with Gasteiger partial charge < -0.3 is 5.11 Å². The van der Waals surface area contributed by atoms with Gasteiger partial charge in [0.1, 0.15) is 5.82 Å². The molecule has 0 amide bonds. The Morgan fingerprint density at radius 2 is 1.78 bits per heavy atom. The van der Waals surface area contributed by atoms with Crippen LogP contribution >= 0.6 is 0 Å². The van der Waals surface area contributed by atoms with Crippen LogP contribution in [0.15, 0.2) is 24.3 Å². The third kappa shape index (κ3) is 2.66. The lowest BCUT2D eigenvalue weighted by molar-refractivity contribution is -0.201. The zero-order valence-corrected chi connectivity index (χ0v) is 9.67. The Hall–Kier alpha value is -1.10. The first-order valence-corrected chi connectivity index (χ1v) is 5.86. The quantitative estimate of drug-likeness (QED) is 0.764. The molecule has 0 radical (unpaired) electrons. The Morgan fingerprint density at radius 1 is 1.17 bits per heavy atom. The number of halogens is 4. The average Bonchev–Trinajstić information content (AvgIpc) is 2.28. The standard InChI is InChI=1S/C13H14F4O/c14-11-5-3-9(4-6-11)12(18)7-1-2-10(8-12)13(15,16)17/h3-6,10,18H,1-2,7-8H2. The van der Waals surface area contributed by atoms with Crippen LogP contribution in [0, 0.1) is 11.7 Å². The summed E-state index contributed by atoms with van der Waals surface area (Å²) in [6.07, 6.45) is -3.98. The van der Waals surface area contributed by atoms with Crippen LogP contribution in [0.25, 0.3) is 0 Å². The maximum atomic E-state index is 12.8. The molecule has 1 aromatic carbocycles. The van der Waals surface area contributed by atoms with Crippen LogP contribution in [0.2, 0.25) is 0 Å². The topological polar surface area (TPSA) is 20.2 Å². The predicted octanol–water partition coefficient (Wildman–Crippen LogP) is 3.77. The summed E-state index contributed by atoms with van der Waals surface area (Å²) in [6.45, 7) is 0. The summed E-state index contributed by atoms with van der Waals surface area (Å²) >= 11 is 0. The zero-order valence-electron chi connectivity index (χ0n) is 9.67. The first kappa shape index (κ1) is 13.3. The first-order chi connectivity index (χ1) is 8.31. The number of hydrogen-bond acceptors (Lipinski definition) is 1. The highest BCUT2D eigenvalue weighted by Crippen LogP contribution is 2.45. The Kier molecular flexibility index (Phi) is 3.36. The largest absolute Gasteiger partial charge is 0.391 e. The molecule has 1 fully saturated rings. The van der Waals surface area contributed by atoms with E-state index >= 15 is 0 Å². The molecular weight excluding hydrogens is 248 g/mol. The number of rotatable bonds is 1. The van der Waals surface area contributed by atoms with E-state index in [9.17, 15) is 22.7 Å². The van der Waals surface area contributed by atoms with Crippen LogP contribution in [-0.4, -0.2) is 11.3 Å². The molecule has 0 aromatic heterocycles. The van der Waals surface area contributed by atoms with E-state index in [1.807, 2.05) is 0 Å². The molecule has 0 aliphatic heterocycles. The van der Waals surface area contributed by atoms with Crippen LogP contribution in [0.4, 0.5) is 17.6 Å². The predicted molar refractivity (Wildman–Crippen MR) is 58.3 cm³/mol. The molecule has 1 aromatic rings. The summed E-state index contributed by atoms with van der Waals surface area (Å²) in [5.41, 5.74) is -1.13. The van der Waals surface area contributed by atoms with Crippen molar-refractivity contribution in [1.82, 2.24) is 0 Å². The smallest absolute Gasteiger partial charge is 0.385 e. The van der Waals surface area contributed by atoms with Gasteiger partial charge in [0, 0.05) is 0 Å². The van der Waals surface area contributed by atoms with Crippen molar-refractivity contribution in [2.75, 3.05) is 0 Å². The van der Waals surface area contributed by atoms with E-state index in [1.165, 1.54) is 12.1 Å². The van der Waals surface area contributed by atoms with E-state index in [0.29, 0.717) is 12.0 Å². The number of benzene rings is 1. The fourth-order valence-electron chi connectivity index (χ4n) is 2.55. The van der Waals surface area contributed by atoms with E-state index in [-0.39, 0.29) is 19.3 Å². The summed E-state index contributed by atoms with van der Waals surface area (Å²) in [4.78, 5) is 0. The second-order valence-electron chi connectivity index (χ2n) is 4.87. The van der Waals surface area contributed by atoms with Crippen molar-refractivity contribution in [3.63, 3.8) is 0 Å². The molecule has 1 nitrogen and oxygen atoms in total. The number of alkyl halides is 3. The summed E-state index contributed by atoms with van der Waals surface area (Å²) < 4.78 is 50.9. The van der Waals surface area contributed by atoms with Gasteiger partial charge in [-0.15, -0.1) is 0 Å². The SMILES string of the molecule is OC1(c2ccc(F)cc2)CCCC(C(F)(F)F)C1. The van der Waals surface area contributed by atoms with E-state index in [2.05, 4.69) is 0 Å². The Bertz CT molecular complexity index is 412. The molecule has 1 aliphatic rings. The Labute approximate surface area is 102 Å². The van der Waals surface area contributed by atoms with Gasteiger partial charge in [0.15, 0.2) is 0 Å². The average molecular weight is 262 g/mol. The lowest BCUT2D eigenvalue weighted by atomic mass is 9.74. The lowest BCUT2D eigenvalue weighted by Gasteiger charge is -2.38. The molecule has 2 unspecified atom stereocenters. The van der Waals surface area contributed by atoms with Crippen molar-refractivity contribution >= 4 is 0 Å². The molecule has 18 heavy (non-hydrogen) atoms. The van der Waals surface area contributed by atoms with Crippen LogP contribution in [0.1, 0.15) is 31.2 Å². The molecule has 0 heterocycles. The Balaban J connectivity index is 2.22. The lowest BCUT2D eigenvalue weighted by Crippen LogP contribution is -2.38. The maximum Gasteiger partial charge on any atom is 0.391 e. The van der Waals surface area contributed by atoms with Crippen LogP contribution in [0.3, 0.4) is 0 Å². The van der Waals surface area contributed by atoms with E-state index in [1.54, 1.807) is 0 Å². The zero-order chi connectivity index (χ0) is 13.4. The number of aliphatic hydroxyl groups is 1. The fourth-order valence-corrected chi connectivity index (χ4v) is 2.55. The highest BCUT2D eigenvalue weighted by molar-refractivity contribution is 5.23. The summed E-state index contributed by atoms with van der Waals surface area (Å²) in [6, 6.07) is 5.02. The normalized spacial score (nSPS) is 29.3. The van der Waals surface area contributed by atoms with Gasteiger partial charge >= 0.3 is 6.18 Å². The second kappa shape index (κ2) is 4.53. The minimum atomic E-state index is -4.28. The molecule has 100 valence electrons. The summed E-state index contributed by atoms with van der Waals surface area (Å²) in [5, 5.41) is 10.3. The minimum Gasteiger partial charge on any atom is -0.385 e. The van der Waals surface area contributed by atoms with Gasteiger partial charge in [0.05, 0.1) is 11.5 Å². The van der Waals surface area contributed by atoms with Gasteiger partial charge in [-0.2, -0.15) is 13.2 Å². The van der Waals surface area contributed by atoms with E-state index in [4.69, 9.17) is 0 Å². The third-order valence-electron chi connectivity index (χ3n) is 3.57. The van der Waals surface area contributed by atoms with Gasteiger partial charge in [0.2, 0.25) is 0 Å². The van der Waals surface area contributed by atoms with Crippen molar-refractivity contribution in [2.45, 2.75) is 37.5 Å². The van der Waals surface area contributed by atoms with Crippen molar-refractivity contribution in [3.05, 3.63) is 35.6 Å². The van der Waals surface area contributed by atoms with Gasteiger partial charge in [0.25, 0.3) is 0 Å². The van der Waals surface area contributed by atoms with Crippen molar-refractivity contribution in [3.8, 4) is 0 Å². The van der Waals surface area contributed by atoms with E-state index < -0.39 is 23.5 Å². The van der Waals surface area contributed by atoms with Gasteiger partial charge in [-0.3, -0.25) is 0 Å². The molecular formula is C13H14F4O. The van der Waals surface area contributed by atoms with Crippen molar-refractivity contribution < 1.29 is 22.7 Å². The first-order valence-electron chi connectivity index (χ1n) is 5.86. The molecule has 5 heteroatoms. The summed E-state index contributed by atoms with van der Waals surface area (Å²) in [7, 11) is 0. The highest BCUT2D eigenvalue weighted by Gasteiger charge is 2.47. The molecule has 1 saturated carbocycles. The monoisotopic (exact) mass is 262 g/mol. The minimum absolute atomic E-state index is 0.0486. The maximum absolute atomic E-state index is 12.8. The van der Waals surface area contributed by atoms with Crippen LogP contribution in [-0.2, 0) is 5.60 Å². The fraction of sp³-hybridized carbons (Fsp3) is 0.538. The molecule has 0 bridgehead atoms. The highest BCUT2D eigenvalue weighted by atomic mass is 19.4. The van der Waals surface area contributed by atoms with Gasteiger partial charge in [-0.05, 0) is 43.4 Å². The van der Waals surface area contributed by atoms with Gasteiger partial charge in [-0.1, -0.05) is 12.1 Å². The third-order valence-corrected chi connectivity index (χ3v) is 3.57. The molecule has 2 atom stereocenters. The van der Waals surface area contributed by atoms with Crippen molar-refractivity contribution in [1.29, 1.82) is 0 Å². The van der Waals surface area contributed by atoms with E-state index in [0.717, 1.165) is 12.1 Å².